The Morgan fingerprint density at radius 3 is 2.60 bits per heavy atom. The van der Waals surface area contributed by atoms with Crippen LogP contribution in [0.15, 0.2) is 28.7 Å². The Morgan fingerprint density at radius 2 is 2.00 bits per heavy atom. The Balaban J connectivity index is 1.76. The van der Waals surface area contributed by atoms with Crippen LogP contribution in [0.5, 0.6) is 0 Å². The molecule has 0 aliphatic carbocycles. The molecule has 0 spiro atoms. The van der Waals surface area contributed by atoms with Crippen molar-refractivity contribution in [2.45, 2.75) is 38.4 Å². The molecular formula is C16H24BrNO2. The number of nitrogens with zero attached hydrogens (tertiary/aromatic N) is 1. The Morgan fingerprint density at radius 1 is 1.30 bits per heavy atom. The number of hydrogen-bond acceptors (Lipinski definition) is 3. The second-order valence-electron chi connectivity index (χ2n) is 5.78. The molecule has 0 bridgehead atoms. The van der Waals surface area contributed by atoms with Crippen LogP contribution in [-0.2, 0) is 0 Å². The smallest absolute Gasteiger partial charge is 0.0802 e. The van der Waals surface area contributed by atoms with Gasteiger partial charge in [-0.15, -0.1) is 0 Å². The molecule has 2 unspecified atom stereocenters. The van der Waals surface area contributed by atoms with Gasteiger partial charge in [0.2, 0.25) is 0 Å². The second-order valence-corrected chi connectivity index (χ2v) is 6.69. The van der Waals surface area contributed by atoms with E-state index in [1.54, 1.807) is 0 Å². The fraction of sp³-hybridized carbons (Fsp3) is 0.625. The first-order valence-electron chi connectivity index (χ1n) is 7.40. The predicted octanol–water partition coefficient (Wildman–Crippen LogP) is 2.97. The van der Waals surface area contributed by atoms with Gasteiger partial charge in [-0.2, -0.15) is 0 Å². The van der Waals surface area contributed by atoms with Gasteiger partial charge in [-0.25, -0.2) is 0 Å². The first-order valence-corrected chi connectivity index (χ1v) is 8.19. The zero-order chi connectivity index (χ0) is 14.5. The second kappa shape index (κ2) is 7.55. The third kappa shape index (κ3) is 4.55. The first-order chi connectivity index (χ1) is 9.56. The number of rotatable bonds is 5. The van der Waals surface area contributed by atoms with E-state index in [2.05, 4.69) is 20.8 Å². The molecule has 1 aliphatic rings. The molecule has 4 heteroatoms. The van der Waals surface area contributed by atoms with Crippen LogP contribution in [0.4, 0.5) is 0 Å². The van der Waals surface area contributed by atoms with Crippen molar-refractivity contribution in [3.05, 3.63) is 34.3 Å². The normalized spacial score (nSPS) is 20.8. The highest BCUT2D eigenvalue weighted by atomic mass is 79.9. The minimum atomic E-state index is -0.401. The van der Waals surface area contributed by atoms with E-state index in [-0.39, 0.29) is 6.10 Å². The van der Waals surface area contributed by atoms with Crippen molar-refractivity contribution < 1.29 is 10.2 Å². The summed E-state index contributed by atoms with van der Waals surface area (Å²) in [5, 5.41) is 19.8. The zero-order valence-electron chi connectivity index (χ0n) is 12.0. The Kier molecular flexibility index (Phi) is 6.02. The number of benzene rings is 1. The zero-order valence-corrected chi connectivity index (χ0v) is 13.6. The molecule has 1 aromatic carbocycles. The Hall–Kier alpha value is -0.420. The Labute approximate surface area is 129 Å². The number of aliphatic hydroxyl groups excluding tert-OH is 2. The van der Waals surface area contributed by atoms with E-state index in [1.807, 2.05) is 31.2 Å². The van der Waals surface area contributed by atoms with Gasteiger partial charge in [0.15, 0.2) is 0 Å². The lowest BCUT2D eigenvalue weighted by atomic mass is 9.92. The summed E-state index contributed by atoms with van der Waals surface area (Å²) in [6, 6.07) is 7.87. The molecule has 20 heavy (non-hydrogen) atoms. The number of halogens is 1. The SMILES string of the molecule is CC(O)C1CCN(CCC(O)c2cccc(Br)c2)CC1. The van der Waals surface area contributed by atoms with Crippen molar-refractivity contribution in [3.8, 4) is 0 Å². The van der Waals surface area contributed by atoms with E-state index in [4.69, 9.17) is 0 Å². The van der Waals surface area contributed by atoms with Gasteiger partial charge in [0.05, 0.1) is 12.2 Å². The van der Waals surface area contributed by atoms with E-state index < -0.39 is 6.10 Å². The summed E-state index contributed by atoms with van der Waals surface area (Å²) in [6.45, 7) is 4.86. The topological polar surface area (TPSA) is 43.7 Å². The van der Waals surface area contributed by atoms with Crippen LogP contribution in [0.3, 0.4) is 0 Å². The molecule has 2 atom stereocenters. The van der Waals surface area contributed by atoms with Crippen molar-refractivity contribution >= 4 is 15.9 Å². The van der Waals surface area contributed by atoms with Crippen LogP contribution in [-0.4, -0.2) is 40.9 Å². The average molecular weight is 342 g/mol. The van der Waals surface area contributed by atoms with Gasteiger partial charge in [-0.3, -0.25) is 0 Å². The highest BCUT2D eigenvalue weighted by Gasteiger charge is 2.22. The van der Waals surface area contributed by atoms with Gasteiger partial charge in [0.1, 0.15) is 0 Å². The maximum Gasteiger partial charge on any atom is 0.0802 e. The minimum absolute atomic E-state index is 0.190. The summed E-state index contributed by atoms with van der Waals surface area (Å²) in [4.78, 5) is 2.39. The number of likely N-dealkylation sites (tertiary alicyclic amines) is 1. The molecule has 0 aromatic heterocycles. The van der Waals surface area contributed by atoms with Crippen LogP contribution in [0.25, 0.3) is 0 Å². The summed E-state index contributed by atoms with van der Waals surface area (Å²) in [5.41, 5.74) is 0.971. The summed E-state index contributed by atoms with van der Waals surface area (Å²) >= 11 is 3.43. The fourth-order valence-electron chi connectivity index (χ4n) is 2.84. The molecule has 1 fully saturated rings. The highest BCUT2D eigenvalue weighted by molar-refractivity contribution is 9.10. The quantitative estimate of drug-likeness (QED) is 0.865. The minimum Gasteiger partial charge on any atom is -0.393 e. The molecule has 2 rings (SSSR count). The van der Waals surface area contributed by atoms with Crippen LogP contribution in [0, 0.1) is 5.92 Å². The maximum atomic E-state index is 10.2. The van der Waals surface area contributed by atoms with Gasteiger partial charge >= 0.3 is 0 Å². The fourth-order valence-corrected chi connectivity index (χ4v) is 3.26. The average Bonchev–Trinajstić information content (AvgIpc) is 2.45. The van der Waals surface area contributed by atoms with Crippen LogP contribution in [0.1, 0.15) is 37.9 Å². The summed E-state index contributed by atoms with van der Waals surface area (Å²) in [7, 11) is 0. The van der Waals surface area contributed by atoms with E-state index >= 15 is 0 Å². The molecule has 1 saturated heterocycles. The molecule has 0 amide bonds. The number of aliphatic hydroxyl groups is 2. The van der Waals surface area contributed by atoms with Gasteiger partial charge < -0.3 is 15.1 Å². The van der Waals surface area contributed by atoms with Crippen molar-refractivity contribution in [1.29, 1.82) is 0 Å². The van der Waals surface area contributed by atoms with E-state index in [1.165, 1.54) is 0 Å². The van der Waals surface area contributed by atoms with Gasteiger partial charge in [-0.1, -0.05) is 28.1 Å². The number of hydrogen-bond donors (Lipinski definition) is 2. The van der Waals surface area contributed by atoms with Crippen molar-refractivity contribution in [3.63, 3.8) is 0 Å². The van der Waals surface area contributed by atoms with Crippen molar-refractivity contribution in [2.24, 2.45) is 5.92 Å². The van der Waals surface area contributed by atoms with Crippen LogP contribution < -0.4 is 0 Å². The van der Waals surface area contributed by atoms with Crippen molar-refractivity contribution in [1.82, 2.24) is 4.90 Å². The lowest BCUT2D eigenvalue weighted by molar-refractivity contribution is 0.0641. The van der Waals surface area contributed by atoms with Crippen LogP contribution in [0.2, 0.25) is 0 Å². The standard InChI is InChI=1S/C16H24BrNO2/c1-12(19)13-5-8-18(9-6-13)10-7-16(20)14-3-2-4-15(17)11-14/h2-4,11-13,16,19-20H,5-10H2,1H3. The Bertz CT molecular complexity index is 417. The first kappa shape index (κ1) is 16.0. The van der Waals surface area contributed by atoms with Crippen molar-refractivity contribution in [2.75, 3.05) is 19.6 Å². The summed E-state index contributed by atoms with van der Waals surface area (Å²) < 4.78 is 1.01. The van der Waals surface area contributed by atoms with E-state index in [0.29, 0.717) is 5.92 Å². The predicted molar refractivity (Wildman–Crippen MR) is 84.6 cm³/mol. The third-order valence-corrected chi connectivity index (χ3v) is 4.76. The lowest BCUT2D eigenvalue weighted by Gasteiger charge is -2.33. The summed E-state index contributed by atoms with van der Waals surface area (Å²) in [6.07, 6.45) is 2.29. The van der Waals surface area contributed by atoms with Gasteiger partial charge in [0.25, 0.3) is 0 Å². The lowest BCUT2D eigenvalue weighted by Crippen LogP contribution is -2.37. The van der Waals surface area contributed by atoms with Gasteiger partial charge in [-0.05, 0) is 62.9 Å². The van der Waals surface area contributed by atoms with E-state index in [9.17, 15) is 10.2 Å². The third-order valence-electron chi connectivity index (χ3n) is 4.27. The molecular weight excluding hydrogens is 318 g/mol. The molecule has 1 aromatic rings. The summed E-state index contributed by atoms with van der Waals surface area (Å²) in [5.74, 6) is 0.446. The van der Waals surface area contributed by atoms with Crippen LogP contribution >= 0.6 is 15.9 Å². The molecule has 1 aliphatic heterocycles. The highest BCUT2D eigenvalue weighted by Crippen LogP contribution is 2.24. The van der Waals surface area contributed by atoms with Gasteiger partial charge in [0, 0.05) is 11.0 Å². The molecule has 3 nitrogen and oxygen atoms in total. The molecule has 1 heterocycles. The molecule has 112 valence electrons. The molecule has 0 saturated carbocycles. The maximum absolute atomic E-state index is 10.2. The molecule has 0 radical (unpaired) electrons. The monoisotopic (exact) mass is 341 g/mol. The molecule has 2 N–H and O–H groups in total. The largest absolute Gasteiger partial charge is 0.393 e. The van der Waals surface area contributed by atoms with E-state index in [0.717, 1.165) is 48.9 Å². The number of piperidine rings is 1.